The van der Waals surface area contributed by atoms with Crippen molar-refractivity contribution in [1.29, 1.82) is 0 Å². The van der Waals surface area contributed by atoms with E-state index in [1.165, 1.54) is 17.0 Å². The molecule has 198 valence electrons. The number of hydrogen-bond donors (Lipinski definition) is 1. The van der Waals surface area contributed by atoms with E-state index in [4.69, 9.17) is 4.74 Å². The van der Waals surface area contributed by atoms with Gasteiger partial charge in [0.2, 0.25) is 0 Å². The van der Waals surface area contributed by atoms with Crippen LogP contribution in [0.1, 0.15) is 49.9 Å². The first-order valence-electron chi connectivity index (χ1n) is 13.0. The van der Waals surface area contributed by atoms with Crippen LogP contribution in [0.2, 0.25) is 0 Å². The summed E-state index contributed by atoms with van der Waals surface area (Å²) in [4.78, 5) is 30.2. The molecule has 0 spiro atoms. The molecule has 0 bridgehead atoms. The van der Waals surface area contributed by atoms with E-state index in [1.54, 1.807) is 36.4 Å². The second-order valence-corrected chi connectivity index (χ2v) is 9.19. The average molecular weight is 517 g/mol. The number of aliphatic hydroxyl groups is 1. The van der Waals surface area contributed by atoms with E-state index in [0.29, 0.717) is 29.0 Å². The van der Waals surface area contributed by atoms with E-state index in [2.05, 4.69) is 18.7 Å². The van der Waals surface area contributed by atoms with Crippen molar-refractivity contribution in [1.82, 2.24) is 4.90 Å². The molecule has 1 aliphatic heterocycles. The molecule has 1 heterocycles. The maximum atomic E-state index is 13.5. The van der Waals surface area contributed by atoms with Crippen molar-refractivity contribution in [3.8, 4) is 5.75 Å². The van der Waals surface area contributed by atoms with E-state index in [0.717, 1.165) is 25.2 Å². The van der Waals surface area contributed by atoms with Crippen LogP contribution in [0.15, 0.2) is 78.4 Å². The van der Waals surface area contributed by atoms with E-state index < -0.39 is 17.7 Å². The van der Waals surface area contributed by atoms with Gasteiger partial charge in [-0.15, -0.1) is 0 Å². The molecule has 3 aromatic rings. The third-order valence-corrected chi connectivity index (χ3v) is 6.74. The number of nitrogens with zero attached hydrogens (tertiary/aromatic N) is 2. The number of rotatable bonds is 10. The minimum absolute atomic E-state index is 0.0231. The second-order valence-electron chi connectivity index (χ2n) is 9.19. The minimum atomic E-state index is -0.804. The predicted molar refractivity (Wildman–Crippen MR) is 146 cm³/mol. The largest absolute Gasteiger partial charge is 0.507 e. The highest BCUT2D eigenvalue weighted by atomic mass is 19.1. The molecule has 1 N–H and O–H groups in total. The monoisotopic (exact) mass is 516 g/mol. The zero-order chi connectivity index (χ0) is 27.2. The third-order valence-electron chi connectivity index (χ3n) is 6.74. The van der Waals surface area contributed by atoms with Gasteiger partial charge in [-0.1, -0.05) is 31.2 Å². The number of amides is 1. The van der Waals surface area contributed by atoms with Crippen molar-refractivity contribution >= 4 is 23.1 Å². The van der Waals surface area contributed by atoms with Crippen molar-refractivity contribution in [3.05, 3.63) is 101 Å². The molecule has 1 atom stereocenters. The van der Waals surface area contributed by atoms with Crippen molar-refractivity contribution < 1.29 is 23.8 Å². The van der Waals surface area contributed by atoms with Crippen LogP contribution in [0.3, 0.4) is 0 Å². The van der Waals surface area contributed by atoms with Gasteiger partial charge in [0.05, 0.1) is 18.2 Å². The molecule has 1 saturated heterocycles. The van der Waals surface area contributed by atoms with Crippen LogP contribution >= 0.6 is 0 Å². The Bertz CT molecular complexity index is 1300. The first kappa shape index (κ1) is 26.9. The Morgan fingerprint density at radius 3 is 2.13 bits per heavy atom. The molecule has 1 unspecified atom stereocenters. The molecule has 0 aromatic heterocycles. The van der Waals surface area contributed by atoms with Gasteiger partial charge in [-0.3, -0.25) is 9.59 Å². The zero-order valence-corrected chi connectivity index (χ0v) is 22.0. The topological polar surface area (TPSA) is 70.1 Å². The average Bonchev–Trinajstić information content (AvgIpc) is 3.19. The molecule has 1 aliphatic rings. The summed E-state index contributed by atoms with van der Waals surface area (Å²) in [5, 5.41) is 11.3. The van der Waals surface area contributed by atoms with Gasteiger partial charge in [-0.2, -0.15) is 0 Å². The van der Waals surface area contributed by atoms with Crippen LogP contribution < -0.4 is 9.64 Å². The number of hydrogen-bond acceptors (Lipinski definition) is 5. The number of benzene rings is 3. The summed E-state index contributed by atoms with van der Waals surface area (Å²) in [5.74, 6) is -1.44. The minimum Gasteiger partial charge on any atom is -0.507 e. The zero-order valence-electron chi connectivity index (χ0n) is 22.0. The number of carbonyl (C=O) groups is 2. The first-order valence-corrected chi connectivity index (χ1v) is 13.0. The van der Waals surface area contributed by atoms with Gasteiger partial charge in [0.25, 0.3) is 11.7 Å². The number of carbonyl (C=O) groups excluding carboxylic acids is 2. The number of halogens is 1. The van der Waals surface area contributed by atoms with Crippen LogP contribution in [0.4, 0.5) is 10.1 Å². The normalized spacial score (nSPS) is 16.6. The quantitative estimate of drug-likeness (QED) is 0.201. The van der Waals surface area contributed by atoms with Crippen molar-refractivity contribution in [2.75, 3.05) is 24.6 Å². The van der Waals surface area contributed by atoms with Gasteiger partial charge in [-0.05, 0) is 79.9 Å². The van der Waals surface area contributed by atoms with Crippen LogP contribution in [0, 0.1) is 5.82 Å². The molecule has 38 heavy (non-hydrogen) atoms. The Morgan fingerprint density at radius 1 is 0.921 bits per heavy atom. The predicted octanol–water partition coefficient (Wildman–Crippen LogP) is 6.08. The molecule has 6 nitrogen and oxygen atoms in total. The van der Waals surface area contributed by atoms with Gasteiger partial charge >= 0.3 is 0 Å². The maximum absolute atomic E-state index is 13.5. The SMILES string of the molecule is CCCOc1ccc(/C(O)=C2/C(=O)C(=O)N(Cc3ccc(F)cc3)C2c2ccc(N(CC)CC)cc2)cc1. The van der Waals surface area contributed by atoms with Gasteiger partial charge in [0.15, 0.2) is 0 Å². The lowest BCUT2D eigenvalue weighted by Gasteiger charge is -2.27. The number of ether oxygens (including phenoxy) is 1. The standard InChI is InChI=1S/C31H33FN2O4/c1-4-19-38-26-17-11-23(12-18-26)29(35)27-28(22-9-15-25(16-10-22)33(5-2)6-3)34(31(37)30(27)36)20-21-7-13-24(32)14-8-21/h7-18,28,35H,4-6,19-20H2,1-3H3/b29-27-. The van der Waals surface area contributed by atoms with Crippen molar-refractivity contribution in [2.24, 2.45) is 0 Å². The van der Waals surface area contributed by atoms with E-state index in [-0.39, 0.29) is 23.7 Å². The molecular weight excluding hydrogens is 483 g/mol. The van der Waals surface area contributed by atoms with Gasteiger partial charge < -0.3 is 19.6 Å². The summed E-state index contributed by atoms with van der Waals surface area (Å²) < 4.78 is 19.1. The highest BCUT2D eigenvalue weighted by molar-refractivity contribution is 6.46. The fourth-order valence-electron chi connectivity index (χ4n) is 4.72. The number of Topliss-reactive ketones (excluding diaryl/α,β-unsaturated/α-hetero) is 1. The molecule has 3 aromatic carbocycles. The lowest BCUT2D eigenvalue weighted by atomic mass is 9.95. The Labute approximate surface area is 223 Å². The number of likely N-dealkylation sites (tertiary alicyclic amines) is 1. The summed E-state index contributed by atoms with van der Waals surface area (Å²) in [6, 6.07) is 19.5. The van der Waals surface area contributed by atoms with E-state index in [9.17, 15) is 19.1 Å². The highest BCUT2D eigenvalue weighted by Gasteiger charge is 2.46. The van der Waals surface area contributed by atoms with Crippen molar-refractivity contribution in [3.63, 3.8) is 0 Å². The fourth-order valence-corrected chi connectivity index (χ4v) is 4.72. The maximum Gasteiger partial charge on any atom is 0.295 e. The van der Waals surface area contributed by atoms with Gasteiger partial charge in [0.1, 0.15) is 17.3 Å². The Morgan fingerprint density at radius 2 is 1.55 bits per heavy atom. The Kier molecular flexibility index (Phi) is 8.46. The molecule has 1 fully saturated rings. The molecule has 4 rings (SSSR count). The van der Waals surface area contributed by atoms with Gasteiger partial charge in [-0.25, -0.2) is 4.39 Å². The summed E-state index contributed by atoms with van der Waals surface area (Å²) in [6.45, 7) is 8.52. The molecule has 0 radical (unpaired) electrons. The van der Waals surface area contributed by atoms with Gasteiger partial charge in [0, 0.05) is 30.9 Å². The van der Waals surface area contributed by atoms with Crippen LogP contribution in [0.5, 0.6) is 5.75 Å². The van der Waals surface area contributed by atoms with Crippen LogP contribution in [-0.4, -0.2) is 41.4 Å². The third kappa shape index (κ3) is 5.57. The second kappa shape index (κ2) is 11.9. The highest BCUT2D eigenvalue weighted by Crippen LogP contribution is 2.41. The molecule has 7 heteroatoms. The first-order chi connectivity index (χ1) is 18.4. The summed E-state index contributed by atoms with van der Waals surface area (Å²) in [5.41, 5.74) is 2.84. The smallest absolute Gasteiger partial charge is 0.295 e. The lowest BCUT2D eigenvalue weighted by molar-refractivity contribution is -0.140. The van der Waals surface area contributed by atoms with Crippen LogP contribution in [-0.2, 0) is 16.1 Å². The van der Waals surface area contributed by atoms with Crippen LogP contribution in [0.25, 0.3) is 5.76 Å². The summed E-state index contributed by atoms with van der Waals surface area (Å²) >= 11 is 0. The van der Waals surface area contributed by atoms with E-state index >= 15 is 0 Å². The number of aliphatic hydroxyl groups excluding tert-OH is 1. The molecule has 0 saturated carbocycles. The Balaban J connectivity index is 1.78. The number of ketones is 1. The van der Waals surface area contributed by atoms with Crippen molar-refractivity contribution in [2.45, 2.75) is 39.8 Å². The fraction of sp³-hybridized carbons (Fsp3) is 0.290. The summed E-state index contributed by atoms with van der Waals surface area (Å²) in [7, 11) is 0. The Hall–Kier alpha value is -4.13. The number of anilines is 1. The molecule has 0 aliphatic carbocycles. The molecule has 1 amide bonds. The lowest BCUT2D eigenvalue weighted by Crippen LogP contribution is -2.29. The van der Waals surface area contributed by atoms with E-state index in [1.807, 2.05) is 31.2 Å². The molecular formula is C31H33FN2O4. The summed E-state index contributed by atoms with van der Waals surface area (Å²) in [6.07, 6.45) is 0.867.